The van der Waals surface area contributed by atoms with Crippen LogP contribution in [-0.4, -0.2) is 57.9 Å². The van der Waals surface area contributed by atoms with Crippen LogP contribution >= 0.6 is 11.3 Å². The molecule has 0 radical (unpaired) electrons. The molecule has 0 spiro atoms. The molecule has 0 saturated carbocycles. The number of esters is 1. The molecular formula is C31H45N3O6S. The number of hydrogen-bond acceptors (Lipinski definition) is 7. The van der Waals surface area contributed by atoms with Gasteiger partial charge in [0.15, 0.2) is 6.10 Å². The van der Waals surface area contributed by atoms with Crippen LogP contribution in [0.1, 0.15) is 94.4 Å². The van der Waals surface area contributed by atoms with Crippen molar-refractivity contribution in [3.05, 3.63) is 52.0 Å². The monoisotopic (exact) mass is 587 g/mol. The van der Waals surface area contributed by atoms with Gasteiger partial charge in [-0.2, -0.15) is 0 Å². The molecule has 1 aromatic heterocycles. The Hall–Kier alpha value is -3.27. The van der Waals surface area contributed by atoms with Gasteiger partial charge in [-0.25, -0.2) is 4.98 Å². The highest BCUT2D eigenvalue weighted by atomic mass is 32.1. The number of thiazole rings is 1. The summed E-state index contributed by atoms with van der Waals surface area (Å²) < 4.78 is 5.66. The fourth-order valence-electron chi connectivity index (χ4n) is 4.69. The van der Waals surface area contributed by atoms with Crippen LogP contribution in [-0.2, 0) is 25.5 Å². The van der Waals surface area contributed by atoms with Crippen molar-refractivity contribution in [2.75, 3.05) is 7.05 Å². The maximum atomic E-state index is 13.2. The van der Waals surface area contributed by atoms with E-state index in [2.05, 4.69) is 17.2 Å². The third-order valence-electron chi connectivity index (χ3n) is 7.39. The van der Waals surface area contributed by atoms with E-state index in [9.17, 15) is 24.3 Å². The largest absolute Gasteiger partial charge is 0.481 e. The van der Waals surface area contributed by atoms with Crippen molar-refractivity contribution in [3.63, 3.8) is 0 Å². The zero-order chi connectivity index (χ0) is 30.7. The van der Waals surface area contributed by atoms with Gasteiger partial charge in [0.25, 0.3) is 5.91 Å². The number of nitrogens with one attached hydrogen (secondary N) is 1. The number of carboxylic acid groups (broad SMARTS) is 1. The average molecular weight is 588 g/mol. The number of carbonyl (C=O) groups excluding carboxylic acids is 3. The molecule has 2 rings (SSSR count). The first-order valence-electron chi connectivity index (χ1n) is 14.3. The second-order valence-corrected chi connectivity index (χ2v) is 12.2. The van der Waals surface area contributed by atoms with Crippen molar-refractivity contribution in [2.45, 2.75) is 91.8 Å². The molecule has 0 aliphatic carbocycles. The van der Waals surface area contributed by atoms with Gasteiger partial charge in [-0.1, -0.05) is 71.4 Å². The van der Waals surface area contributed by atoms with Crippen LogP contribution in [0.25, 0.3) is 0 Å². The predicted molar refractivity (Wildman–Crippen MR) is 160 cm³/mol. The molecular weight excluding hydrogens is 542 g/mol. The van der Waals surface area contributed by atoms with Gasteiger partial charge in [-0.05, 0) is 30.2 Å². The van der Waals surface area contributed by atoms with Gasteiger partial charge >= 0.3 is 11.9 Å². The minimum atomic E-state index is -0.926. The van der Waals surface area contributed by atoms with Crippen molar-refractivity contribution in [3.8, 4) is 0 Å². The molecule has 5 atom stereocenters. The van der Waals surface area contributed by atoms with Crippen molar-refractivity contribution >= 4 is 35.1 Å². The number of ether oxygens (including phenoxy) is 1. The average Bonchev–Trinajstić information content (AvgIpc) is 3.41. The van der Waals surface area contributed by atoms with E-state index in [4.69, 9.17) is 4.74 Å². The van der Waals surface area contributed by atoms with Crippen molar-refractivity contribution in [1.29, 1.82) is 0 Å². The number of hydrogen-bond donors (Lipinski definition) is 2. The second kappa shape index (κ2) is 16.2. The number of rotatable bonds is 16. The highest BCUT2D eigenvalue weighted by Crippen LogP contribution is 2.31. The van der Waals surface area contributed by atoms with E-state index in [0.717, 1.165) is 12.0 Å². The molecule has 0 fully saturated rings. The minimum absolute atomic E-state index is 0.0406. The van der Waals surface area contributed by atoms with Gasteiger partial charge < -0.3 is 20.1 Å². The lowest BCUT2D eigenvalue weighted by Crippen LogP contribution is -2.42. The highest BCUT2D eigenvalue weighted by molar-refractivity contribution is 7.09. The highest BCUT2D eigenvalue weighted by Gasteiger charge is 2.31. The molecule has 0 saturated heterocycles. The molecule has 9 nitrogen and oxygen atoms in total. The van der Waals surface area contributed by atoms with Crippen LogP contribution in [0, 0.1) is 17.8 Å². The zero-order valence-electron chi connectivity index (χ0n) is 25.3. The van der Waals surface area contributed by atoms with Gasteiger partial charge in [-0.3, -0.25) is 19.2 Å². The molecule has 2 N–H and O–H groups in total. The minimum Gasteiger partial charge on any atom is -0.481 e. The Morgan fingerprint density at radius 1 is 1.07 bits per heavy atom. The third kappa shape index (κ3) is 10.9. The summed E-state index contributed by atoms with van der Waals surface area (Å²) in [6, 6.07) is 8.95. The number of benzene rings is 1. The third-order valence-corrected chi connectivity index (χ3v) is 8.33. The summed E-state index contributed by atoms with van der Waals surface area (Å²) in [4.78, 5) is 56.0. The summed E-state index contributed by atoms with van der Waals surface area (Å²) in [5.41, 5.74) is 1.15. The Kier molecular flexibility index (Phi) is 13.4. The Bertz CT molecular complexity index is 1150. The summed E-state index contributed by atoms with van der Waals surface area (Å²) in [6.45, 7) is 11.1. The van der Waals surface area contributed by atoms with E-state index < -0.39 is 35.9 Å². The summed E-state index contributed by atoms with van der Waals surface area (Å²) in [6.07, 6.45) is 1.72. The van der Waals surface area contributed by atoms with E-state index in [0.29, 0.717) is 24.3 Å². The molecule has 1 aromatic carbocycles. The number of carboxylic acids is 1. The van der Waals surface area contributed by atoms with E-state index in [-0.39, 0.29) is 35.9 Å². The fraction of sp³-hybridized carbons (Fsp3) is 0.581. The van der Waals surface area contributed by atoms with E-state index in [1.165, 1.54) is 18.3 Å². The van der Waals surface area contributed by atoms with Crippen molar-refractivity contribution < 1.29 is 29.0 Å². The van der Waals surface area contributed by atoms with E-state index in [1.807, 2.05) is 51.1 Å². The smallest absolute Gasteiger partial charge is 0.306 e. The maximum Gasteiger partial charge on any atom is 0.306 e. The van der Waals surface area contributed by atoms with Crippen LogP contribution in [0.2, 0.25) is 0 Å². The molecule has 2 amide bonds. The van der Waals surface area contributed by atoms with E-state index in [1.54, 1.807) is 24.3 Å². The maximum absolute atomic E-state index is 13.2. The van der Waals surface area contributed by atoms with Crippen LogP contribution in [0.15, 0.2) is 35.7 Å². The summed E-state index contributed by atoms with van der Waals surface area (Å²) in [5, 5.41) is 14.5. The number of aromatic nitrogens is 1. The Balaban J connectivity index is 2.24. The summed E-state index contributed by atoms with van der Waals surface area (Å²) >= 11 is 1.22. The molecule has 0 bridgehead atoms. The topological polar surface area (TPSA) is 126 Å². The SMILES string of the molecule is CC[C@@H](C)CC(=O)N(C)C(CC(OC(C)=O)c1nc(C(=O)NC(Cc2ccccc2)CC(C)C(=O)O)cs1)C(C)C. The van der Waals surface area contributed by atoms with Crippen LogP contribution in [0.3, 0.4) is 0 Å². The summed E-state index contributed by atoms with van der Waals surface area (Å²) in [7, 11) is 1.78. The van der Waals surface area contributed by atoms with Crippen LogP contribution < -0.4 is 5.32 Å². The summed E-state index contributed by atoms with van der Waals surface area (Å²) in [5.74, 6) is -2.06. The Labute approximate surface area is 247 Å². The van der Waals surface area contributed by atoms with Gasteiger partial charge in [0.05, 0.1) is 5.92 Å². The number of aliphatic carboxylic acids is 1. The molecule has 1 heterocycles. The second-order valence-electron chi connectivity index (χ2n) is 11.3. The van der Waals surface area contributed by atoms with Crippen LogP contribution in [0.5, 0.6) is 0 Å². The van der Waals surface area contributed by atoms with E-state index >= 15 is 0 Å². The lowest BCUT2D eigenvalue weighted by molar-refractivity contribution is -0.148. The Morgan fingerprint density at radius 3 is 2.29 bits per heavy atom. The zero-order valence-corrected chi connectivity index (χ0v) is 26.1. The molecule has 4 unspecified atom stereocenters. The molecule has 0 aliphatic rings. The first-order chi connectivity index (χ1) is 19.3. The van der Waals surface area contributed by atoms with Crippen LogP contribution in [0.4, 0.5) is 0 Å². The number of amides is 2. The standard InChI is InChI=1S/C31H45N3O6S/c1-8-20(4)14-28(36)34(7)26(19(2)3)17-27(40-22(6)35)30-33-25(18-41-30)29(37)32-24(15-21(5)31(38)39)16-23-12-10-9-11-13-23/h9-13,18-21,24,26-27H,8,14-17H2,1-7H3,(H,32,37)(H,38,39)/t20-,21?,24?,26?,27?/m1/s1. The van der Waals surface area contributed by atoms with Crippen molar-refractivity contribution in [1.82, 2.24) is 15.2 Å². The van der Waals surface area contributed by atoms with Gasteiger partial charge in [-0.15, -0.1) is 11.3 Å². The van der Waals surface area contributed by atoms with Gasteiger partial charge in [0.2, 0.25) is 5.91 Å². The quantitative estimate of drug-likeness (QED) is 0.248. The number of carbonyl (C=O) groups is 4. The van der Waals surface area contributed by atoms with Gasteiger partial charge in [0.1, 0.15) is 10.7 Å². The Morgan fingerprint density at radius 2 is 1.73 bits per heavy atom. The lowest BCUT2D eigenvalue weighted by atomic mass is 9.95. The number of nitrogens with zero attached hydrogens (tertiary/aromatic N) is 2. The molecule has 41 heavy (non-hydrogen) atoms. The predicted octanol–water partition coefficient (Wildman–Crippen LogP) is 5.51. The normalized spacial score (nSPS) is 14.9. The first-order valence-corrected chi connectivity index (χ1v) is 15.2. The van der Waals surface area contributed by atoms with Gasteiger partial charge in [0, 0.05) is 44.3 Å². The first kappa shape index (κ1) is 33.9. The molecule has 226 valence electrons. The lowest BCUT2D eigenvalue weighted by Gasteiger charge is -2.34. The molecule has 10 heteroatoms. The molecule has 2 aromatic rings. The van der Waals surface area contributed by atoms with Crippen molar-refractivity contribution in [2.24, 2.45) is 17.8 Å². The molecule has 0 aliphatic heterocycles. The fourth-order valence-corrected chi connectivity index (χ4v) is 5.53.